The van der Waals surface area contributed by atoms with Crippen LogP contribution in [0, 0.1) is 6.92 Å². The molecule has 1 heterocycles. The minimum Gasteiger partial charge on any atom is -0.491 e. The second kappa shape index (κ2) is 7.89. The van der Waals surface area contributed by atoms with E-state index in [0.717, 1.165) is 46.8 Å². The summed E-state index contributed by atoms with van der Waals surface area (Å²) >= 11 is 0. The first-order chi connectivity index (χ1) is 12.5. The highest BCUT2D eigenvalue weighted by Gasteiger charge is 2.10. The number of nitrogens with zero attached hydrogens (tertiary/aromatic N) is 2. The van der Waals surface area contributed by atoms with Crippen molar-refractivity contribution < 1.29 is 9.84 Å². The maximum absolute atomic E-state index is 9.62. The summed E-state index contributed by atoms with van der Waals surface area (Å²) in [4.78, 5) is 10.3. The van der Waals surface area contributed by atoms with Gasteiger partial charge in [0.2, 0.25) is 0 Å². The van der Waals surface area contributed by atoms with Crippen LogP contribution in [0.3, 0.4) is 0 Å². The molecule has 0 aliphatic rings. The van der Waals surface area contributed by atoms with Crippen molar-refractivity contribution in [3.63, 3.8) is 0 Å². The topological polar surface area (TPSA) is 61.4 Å². The predicted molar refractivity (Wildman–Crippen MR) is 104 cm³/mol. The fourth-order valence-electron chi connectivity index (χ4n) is 3.15. The fourth-order valence-corrected chi connectivity index (χ4v) is 3.15. The summed E-state index contributed by atoms with van der Waals surface area (Å²) < 4.78 is 5.75. The zero-order valence-corrected chi connectivity index (χ0v) is 15.9. The molecule has 5 nitrogen and oxygen atoms in total. The van der Waals surface area contributed by atoms with E-state index in [4.69, 9.17) is 9.72 Å². The number of ether oxygens (including phenoxy) is 1. The molecular weight excluding hydrogens is 326 g/mol. The van der Waals surface area contributed by atoms with Gasteiger partial charge in [0.25, 0.3) is 0 Å². The zero-order chi connectivity index (χ0) is 18.7. The van der Waals surface area contributed by atoms with Gasteiger partial charge < -0.3 is 14.8 Å². The predicted octanol–water partition coefficient (Wildman–Crippen LogP) is 3.78. The van der Waals surface area contributed by atoms with Gasteiger partial charge in [-0.2, -0.15) is 0 Å². The number of rotatable bonds is 7. The Labute approximate surface area is 154 Å². The first-order valence-corrected chi connectivity index (χ1v) is 8.98. The lowest BCUT2D eigenvalue weighted by Crippen LogP contribution is -2.18. The van der Waals surface area contributed by atoms with Crippen LogP contribution in [0.2, 0.25) is 0 Å². The fraction of sp³-hybridized carbons (Fsp3) is 0.381. The second-order valence-electron chi connectivity index (χ2n) is 7.09. The number of aryl methyl sites for hydroxylation is 1. The largest absolute Gasteiger partial charge is 0.491 e. The van der Waals surface area contributed by atoms with Gasteiger partial charge in [0.05, 0.1) is 30.3 Å². The number of aromatic amines is 1. The summed E-state index contributed by atoms with van der Waals surface area (Å²) in [6, 6.07) is 12.2. The molecule has 26 heavy (non-hydrogen) atoms. The number of aliphatic hydroxyl groups is 1. The van der Waals surface area contributed by atoms with Gasteiger partial charge in [0, 0.05) is 12.1 Å². The lowest BCUT2D eigenvalue weighted by Gasteiger charge is -2.18. The average molecular weight is 353 g/mol. The van der Waals surface area contributed by atoms with Gasteiger partial charge in [0.15, 0.2) is 0 Å². The standard InChI is InChI=1S/C21H27N3O2/c1-14(2)26-19-9-8-16(10-17(19)13-25)11-24(4)12-20-22-18-7-5-6-15(3)21(18)23-20/h5-10,14,25H,11-13H2,1-4H3,(H,22,23). The molecule has 0 aliphatic carbocycles. The smallest absolute Gasteiger partial charge is 0.125 e. The molecule has 0 amide bonds. The third-order valence-corrected chi connectivity index (χ3v) is 4.29. The van der Waals surface area contributed by atoms with E-state index in [1.165, 1.54) is 5.56 Å². The van der Waals surface area contributed by atoms with Crippen LogP contribution in [0.1, 0.15) is 36.4 Å². The number of para-hydroxylation sites is 1. The number of H-pyrrole nitrogens is 1. The summed E-state index contributed by atoms with van der Waals surface area (Å²) in [5.41, 5.74) is 5.25. The summed E-state index contributed by atoms with van der Waals surface area (Å²) in [5.74, 6) is 1.71. The van der Waals surface area contributed by atoms with Gasteiger partial charge >= 0.3 is 0 Å². The van der Waals surface area contributed by atoms with E-state index >= 15 is 0 Å². The highest BCUT2D eigenvalue weighted by atomic mass is 16.5. The normalized spacial score (nSPS) is 11.7. The molecule has 0 saturated carbocycles. The number of hydrogen-bond acceptors (Lipinski definition) is 4. The third kappa shape index (κ3) is 4.23. The van der Waals surface area contributed by atoms with Crippen LogP contribution in [0.4, 0.5) is 0 Å². The molecule has 2 N–H and O–H groups in total. The van der Waals surface area contributed by atoms with Crippen LogP contribution in [-0.2, 0) is 19.7 Å². The van der Waals surface area contributed by atoms with Crippen LogP contribution >= 0.6 is 0 Å². The molecule has 0 radical (unpaired) electrons. The first-order valence-electron chi connectivity index (χ1n) is 8.98. The average Bonchev–Trinajstić information content (AvgIpc) is 2.99. The van der Waals surface area contributed by atoms with Crippen molar-refractivity contribution in [2.45, 2.75) is 46.6 Å². The Kier molecular flexibility index (Phi) is 5.59. The summed E-state index contributed by atoms with van der Waals surface area (Å²) in [5, 5.41) is 9.62. The Morgan fingerprint density at radius 1 is 1.19 bits per heavy atom. The maximum Gasteiger partial charge on any atom is 0.125 e. The second-order valence-corrected chi connectivity index (χ2v) is 7.09. The minimum atomic E-state index is -0.0253. The minimum absolute atomic E-state index is 0.0253. The molecule has 138 valence electrons. The van der Waals surface area contributed by atoms with Crippen LogP contribution in [-0.4, -0.2) is 33.1 Å². The van der Waals surface area contributed by atoms with Crippen molar-refractivity contribution in [1.29, 1.82) is 0 Å². The molecule has 0 aliphatic heterocycles. The maximum atomic E-state index is 9.62. The molecule has 3 rings (SSSR count). The molecule has 5 heteroatoms. The lowest BCUT2D eigenvalue weighted by atomic mass is 10.1. The van der Waals surface area contributed by atoms with E-state index in [9.17, 15) is 5.11 Å². The lowest BCUT2D eigenvalue weighted by molar-refractivity contribution is 0.225. The molecule has 3 aromatic rings. The molecular formula is C21H27N3O2. The Balaban J connectivity index is 1.70. The van der Waals surface area contributed by atoms with Crippen molar-refractivity contribution >= 4 is 11.0 Å². The van der Waals surface area contributed by atoms with Crippen LogP contribution in [0.25, 0.3) is 11.0 Å². The van der Waals surface area contributed by atoms with Crippen molar-refractivity contribution in [3.8, 4) is 5.75 Å². The number of nitrogens with one attached hydrogen (secondary N) is 1. The van der Waals surface area contributed by atoms with Crippen LogP contribution < -0.4 is 4.74 Å². The van der Waals surface area contributed by atoms with Gasteiger partial charge in [-0.05, 0) is 57.1 Å². The highest BCUT2D eigenvalue weighted by Crippen LogP contribution is 2.23. The Bertz CT molecular complexity index is 886. The van der Waals surface area contributed by atoms with E-state index in [1.807, 2.05) is 32.0 Å². The Morgan fingerprint density at radius 3 is 2.69 bits per heavy atom. The number of aromatic nitrogens is 2. The van der Waals surface area contributed by atoms with Gasteiger partial charge in [-0.1, -0.05) is 18.2 Å². The van der Waals surface area contributed by atoms with E-state index < -0.39 is 0 Å². The van der Waals surface area contributed by atoms with E-state index in [2.05, 4.69) is 42.1 Å². The first kappa shape index (κ1) is 18.4. The zero-order valence-electron chi connectivity index (χ0n) is 15.9. The van der Waals surface area contributed by atoms with Gasteiger partial charge in [0.1, 0.15) is 11.6 Å². The van der Waals surface area contributed by atoms with Crippen LogP contribution in [0.5, 0.6) is 5.75 Å². The number of hydrogen-bond donors (Lipinski definition) is 2. The SMILES string of the molecule is Cc1cccc2[nH]c(CN(C)Cc3ccc(OC(C)C)c(CO)c3)nc12. The molecule has 1 aromatic heterocycles. The van der Waals surface area contributed by atoms with Crippen molar-refractivity contribution in [2.24, 2.45) is 0 Å². The Hall–Kier alpha value is -2.37. The Morgan fingerprint density at radius 2 is 2.00 bits per heavy atom. The van der Waals surface area contributed by atoms with E-state index in [1.54, 1.807) is 0 Å². The number of benzene rings is 2. The summed E-state index contributed by atoms with van der Waals surface area (Å²) in [6.07, 6.45) is 0.0883. The highest BCUT2D eigenvalue weighted by molar-refractivity contribution is 5.78. The molecule has 2 aromatic carbocycles. The van der Waals surface area contributed by atoms with Gasteiger partial charge in [-0.15, -0.1) is 0 Å². The summed E-state index contributed by atoms with van der Waals surface area (Å²) in [6.45, 7) is 7.52. The van der Waals surface area contributed by atoms with E-state index in [-0.39, 0.29) is 12.7 Å². The summed E-state index contributed by atoms with van der Waals surface area (Å²) in [7, 11) is 2.07. The molecule has 0 unspecified atom stereocenters. The van der Waals surface area contributed by atoms with E-state index in [0.29, 0.717) is 0 Å². The van der Waals surface area contributed by atoms with Crippen LogP contribution in [0.15, 0.2) is 36.4 Å². The number of imidazole rings is 1. The number of fused-ring (bicyclic) bond motifs is 1. The van der Waals surface area contributed by atoms with Gasteiger partial charge in [-0.3, -0.25) is 4.90 Å². The molecule has 0 saturated heterocycles. The quantitative estimate of drug-likeness (QED) is 0.678. The molecule has 0 spiro atoms. The van der Waals surface area contributed by atoms with Crippen molar-refractivity contribution in [2.75, 3.05) is 7.05 Å². The van der Waals surface area contributed by atoms with Crippen molar-refractivity contribution in [3.05, 3.63) is 58.9 Å². The van der Waals surface area contributed by atoms with Gasteiger partial charge in [-0.25, -0.2) is 4.98 Å². The number of aliphatic hydroxyl groups excluding tert-OH is 1. The monoisotopic (exact) mass is 353 g/mol. The molecule has 0 bridgehead atoms. The van der Waals surface area contributed by atoms with Crippen molar-refractivity contribution in [1.82, 2.24) is 14.9 Å². The molecule has 0 fully saturated rings. The molecule has 0 atom stereocenters. The third-order valence-electron chi connectivity index (χ3n) is 4.29.